The maximum absolute atomic E-state index is 12.9. The van der Waals surface area contributed by atoms with Crippen LogP contribution in [0.1, 0.15) is 22.0 Å². The summed E-state index contributed by atoms with van der Waals surface area (Å²) in [7, 11) is 1.52. The number of hydrogen-bond donors (Lipinski definition) is 3. The molecule has 0 fully saturated rings. The molecule has 3 aromatic rings. The number of carboxylic acid groups (broad SMARTS) is 1. The van der Waals surface area contributed by atoms with Crippen LogP contribution in [-0.2, 0) is 4.79 Å². The zero-order chi connectivity index (χ0) is 20.4. The lowest BCUT2D eigenvalue weighted by molar-refractivity contribution is -0.132. The molecule has 0 saturated heterocycles. The number of amides is 1. The van der Waals surface area contributed by atoms with E-state index in [4.69, 9.17) is 4.74 Å². The lowest BCUT2D eigenvalue weighted by Gasteiger charge is -2.24. The molecule has 1 aliphatic heterocycles. The van der Waals surface area contributed by atoms with Crippen molar-refractivity contribution >= 4 is 23.4 Å². The third-order valence-electron chi connectivity index (χ3n) is 4.61. The Bertz CT molecular complexity index is 1100. The lowest BCUT2D eigenvalue weighted by atomic mass is 10.0. The Morgan fingerprint density at radius 2 is 1.86 bits per heavy atom. The highest BCUT2D eigenvalue weighted by molar-refractivity contribution is 6.09. The van der Waals surface area contributed by atoms with E-state index in [1.807, 2.05) is 30.3 Å². The number of fused-ring (bicyclic) bond motifs is 1. The summed E-state index contributed by atoms with van der Waals surface area (Å²) in [6.45, 7) is 0. The molecule has 2 aromatic carbocycles. The van der Waals surface area contributed by atoms with Crippen LogP contribution in [-0.4, -0.2) is 33.9 Å². The molecule has 0 spiro atoms. The average molecular weight is 390 g/mol. The predicted molar refractivity (Wildman–Crippen MR) is 107 cm³/mol. The van der Waals surface area contributed by atoms with Gasteiger partial charge in [0.1, 0.15) is 22.8 Å². The van der Waals surface area contributed by atoms with E-state index in [0.717, 1.165) is 5.56 Å². The van der Waals surface area contributed by atoms with E-state index < -0.39 is 17.9 Å². The fourth-order valence-electron chi connectivity index (χ4n) is 3.21. The minimum Gasteiger partial charge on any atom is -0.495 e. The standard InChI is InChI=1S/C21H18N4O4/c1-29-18-10-6-5-9-15(18)24-20(26)14-12-22-25-17(13-7-3-2-4-8-13)11-16(21(27)28)23-19(14)25/h2-12,17,23H,1H3,(H,24,26)(H,27,28)/t17-/m0/s1. The molecule has 0 radical (unpaired) electrons. The third kappa shape index (κ3) is 3.43. The van der Waals surface area contributed by atoms with Crippen LogP contribution >= 0.6 is 0 Å². The smallest absolute Gasteiger partial charge is 0.352 e. The molecule has 8 nitrogen and oxygen atoms in total. The molecule has 4 rings (SSSR count). The minimum absolute atomic E-state index is 0.0156. The summed E-state index contributed by atoms with van der Waals surface area (Å²) >= 11 is 0. The van der Waals surface area contributed by atoms with Gasteiger partial charge in [-0.2, -0.15) is 5.10 Å². The molecule has 1 amide bonds. The van der Waals surface area contributed by atoms with Gasteiger partial charge >= 0.3 is 5.97 Å². The quantitative estimate of drug-likeness (QED) is 0.618. The number of rotatable bonds is 5. The summed E-state index contributed by atoms with van der Waals surface area (Å²) in [6, 6.07) is 15.9. The second-order valence-corrected chi connectivity index (χ2v) is 6.37. The highest BCUT2D eigenvalue weighted by atomic mass is 16.5. The highest BCUT2D eigenvalue weighted by Crippen LogP contribution is 2.33. The Morgan fingerprint density at radius 3 is 2.59 bits per heavy atom. The molecule has 0 unspecified atom stereocenters. The SMILES string of the molecule is COc1ccccc1NC(=O)c1cnn2c1NC(C(=O)O)=C[C@H]2c1ccccc1. The van der Waals surface area contributed by atoms with Crippen molar-refractivity contribution in [3.63, 3.8) is 0 Å². The average Bonchev–Trinajstić information content (AvgIpc) is 3.18. The molecule has 2 heterocycles. The Morgan fingerprint density at radius 1 is 1.14 bits per heavy atom. The van der Waals surface area contributed by atoms with Crippen molar-refractivity contribution in [3.05, 3.63) is 83.7 Å². The van der Waals surface area contributed by atoms with Gasteiger partial charge in [0, 0.05) is 0 Å². The Labute approximate surface area is 166 Å². The van der Waals surface area contributed by atoms with E-state index in [2.05, 4.69) is 15.7 Å². The van der Waals surface area contributed by atoms with E-state index in [0.29, 0.717) is 17.3 Å². The Balaban J connectivity index is 1.72. The molecule has 1 aromatic heterocycles. The normalized spacial score (nSPS) is 14.9. The van der Waals surface area contributed by atoms with Crippen LogP contribution in [0.25, 0.3) is 0 Å². The fourth-order valence-corrected chi connectivity index (χ4v) is 3.21. The van der Waals surface area contributed by atoms with Gasteiger partial charge in [-0.15, -0.1) is 0 Å². The number of carboxylic acids is 1. The number of anilines is 2. The summed E-state index contributed by atoms with van der Waals surface area (Å²) in [5.74, 6) is -0.717. The topological polar surface area (TPSA) is 105 Å². The van der Waals surface area contributed by atoms with Crippen LogP contribution in [0.15, 0.2) is 72.6 Å². The maximum Gasteiger partial charge on any atom is 0.352 e. The van der Waals surface area contributed by atoms with E-state index in [1.54, 1.807) is 35.0 Å². The molecular weight excluding hydrogens is 372 g/mol. The number of carbonyl (C=O) groups is 2. The van der Waals surface area contributed by atoms with Crippen LogP contribution in [0.3, 0.4) is 0 Å². The monoisotopic (exact) mass is 390 g/mol. The van der Waals surface area contributed by atoms with Gasteiger partial charge in [-0.3, -0.25) is 4.79 Å². The van der Waals surface area contributed by atoms with Crippen LogP contribution in [0, 0.1) is 0 Å². The molecule has 0 bridgehead atoms. The van der Waals surface area contributed by atoms with E-state index in [9.17, 15) is 14.7 Å². The molecule has 146 valence electrons. The summed E-state index contributed by atoms with van der Waals surface area (Å²) in [5.41, 5.74) is 1.57. The van der Waals surface area contributed by atoms with Gasteiger partial charge in [0.2, 0.25) is 0 Å². The van der Waals surface area contributed by atoms with Gasteiger partial charge in [-0.25, -0.2) is 9.48 Å². The zero-order valence-electron chi connectivity index (χ0n) is 15.5. The second kappa shape index (κ2) is 7.51. The number of aromatic nitrogens is 2. The second-order valence-electron chi connectivity index (χ2n) is 6.37. The number of carbonyl (C=O) groups excluding carboxylic acids is 1. The first-order valence-electron chi connectivity index (χ1n) is 8.87. The number of methoxy groups -OCH3 is 1. The van der Waals surface area contributed by atoms with E-state index in [1.165, 1.54) is 13.3 Å². The summed E-state index contributed by atoms with van der Waals surface area (Å²) in [5, 5.41) is 19.5. The number of para-hydroxylation sites is 2. The Kier molecular flexibility index (Phi) is 4.74. The van der Waals surface area contributed by atoms with Crippen molar-refractivity contribution in [2.45, 2.75) is 6.04 Å². The van der Waals surface area contributed by atoms with Crippen molar-refractivity contribution in [1.29, 1.82) is 0 Å². The molecule has 0 saturated carbocycles. The fraction of sp³-hybridized carbons (Fsp3) is 0.0952. The van der Waals surface area contributed by atoms with Crippen LogP contribution in [0.5, 0.6) is 5.75 Å². The molecule has 29 heavy (non-hydrogen) atoms. The van der Waals surface area contributed by atoms with Gasteiger partial charge in [0.15, 0.2) is 0 Å². The number of nitrogens with one attached hydrogen (secondary N) is 2. The first kappa shape index (κ1) is 18.3. The molecule has 0 aliphatic carbocycles. The van der Waals surface area contributed by atoms with Gasteiger partial charge < -0.3 is 20.5 Å². The first-order valence-corrected chi connectivity index (χ1v) is 8.87. The van der Waals surface area contributed by atoms with Crippen molar-refractivity contribution in [2.24, 2.45) is 0 Å². The van der Waals surface area contributed by atoms with Crippen LogP contribution < -0.4 is 15.4 Å². The molecule has 1 aliphatic rings. The van der Waals surface area contributed by atoms with Gasteiger partial charge in [-0.1, -0.05) is 42.5 Å². The van der Waals surface area contributed by atoms with Gasteiger partial charge in [0.25, 0.3) is 5.91 Å². The van der Waals surface area contributed by atoms with E-state index in [-0.39, 0.29) is 11.3 Å². The molecule has 3 N–H and O–H groups in total. The Hall–Kier alpha value is -4.07. The van der Waals surface area contributed by atoms with Crippen molar-refractivity contribution < 1.29 is 19.4 Å². The lowest BCUT2D eigenvalue weighted by Crippen LogP contribution is -2.25. The van der Waals surface area contributed by atoms with Crippen LogP contribution in [0.2, 0.25) is 0 Å². The maximum atomic E-state index is 12.9. The molecular formula is C21H18N4O4. The molecule has 1 atom stereocenters. The van der Waals surface area contributed by atoms with Crippen molar-refractivity contribution in [2.75, 3.05) is 17.7 Å². The number of benzene rings is 2. The largest absolute Gasteiger partial charge is 0.495 e. The van der Waals surface area contributed by atoms with Crippen LogP contribution in [0.4, 0.5) is 11.5 Å². The summed E-state index contributed by atoms with van der Waals surface area (Å²) in [4.78, 5) is 24.5. The van der Waals surface area contributed by atoms with E-state index >= 15 is 0 Å². The third-order valence-corrected chi connectivity index (χ3v) is 4.61. The molecule has 8 heteroatoms. The first-order chi connectivity index (χ1) is 14.1. The number of allylic oxidation sites excluding steroid dienone is 1. The number of aliphatic carboxylic acids is 1. The van der Waals surface area contributed by atoms with Crippen molar-refractivity contribution in [1.82, 2.24) is 9.78 Å². The summed E-state index contributed by atoms with van der Waals surface area (Å²) in [6.07, 6.45) is 2.99. The summed E-state index contributed by atoms with van der Waals surface area (Å²) < 4.78 is 6.86. The predicted octanol–water partition coefficient (Wildman–Crippen LogP) is 3.13. The zero-order valence-corrected chi connectivity index (χ0v) is 15.5. The minimum atomic E-state index is -1.12. The van der Waals surface area contributed by atoms with Gasteiger partial charge in [0.05, 0.1) is 25.0 Å². The number of ether oxygens (including phenoxy) is 1. The number of hydrogen-bond acceptors (Lipinski definition) is 5. The highest BCUT2D eigenvalue weighted by Gasteiger charge is 2.29. The number of nitrogens with zero attached hydrogens (tertiary/aromatic N) is 2. The van der Waals surface area contributed by atoms with Gasteiger partial charge in [-0.05, 0) is 23.8 Å². The van der Waals surface area contributed by atoms with Crippen molar-refractivity contribution in [3.8, 4) is 5.75 Å².